The Morgan fingerprint density at radius 1 is 1.50 bits per heavy atom. The Morgan fingerprint density at radius 3 is 2.83 bits per heavy atom. The first-order valence-electron chi connectivity index (χ1n) is 5.41. The maximum absolute atomic E-state index is 12.0. The smallest absolute Gasteiger partial charge is 0.336 e. The van der Waals surface area contributed by atoms with E-state index in [2.05, 4.69) is 4.72 Å². The molecule has 1 saturated heterocycles. The number of carboxylic acids is 1. The first-order valence-corrected chi connectivity index (χ1v) is 8.93. The molecule has 8 heteroatoms. The molecule has 1 fully saturated rings. The summed E-state index contributed by atoms with van der Waals surface area (Å²) in [5.41, 5.74) is 0.0124. The topological polar surface area (TPSA) is 83.5 Å². The lowest BCUT2D eigenvalue weighted by Gasteiger charge is -2.21. The minimum absolute atomic E-state index is 0.0124. The normalized spacial score (nSPS) is 20.8. The number of rotatable bonds is 4. The Kier molecular flexibility index (Phi) is 4.31. The van der Waals surface area contributed by atoms with Crippen LogP contribution in [0.1, 0.15) is 23.2 Å². The van der Waals surface area contributed by atoms with Gasteiger partial charge in [-0.2, -0.15) is 11.8 Å². The molecule has 2 N–H and O–H groups in total. The van der Waals surface area contributed by atoms with Gasteiger partial charge in [-0.05, 0) is 24.7 Å². The molecule has 5 nitrogen and oxygen atoms in total. The summed E-state index contributed by atoms with van der Waals surface area (Å²) in [6.45, 7) is 0. The number of hydrogen-bond acceptors (Lipinski definition) is 5. The van der Waals surface area contributed by atoms with E-state index >= 15 is 0 Å². The highest BCUT2D eigenvalue weighted by Gasteiger charge is 2.24. The van der Waals surface area contributed by atoms with Crippen molar-refractivity contribution in [3.05, 3.63) is 17.0 Å². The van der Waals surface area contributed by atoms with Gasteiger partial charge in [-0.1, -0.05) is 0 Å². The number of sulfonamides is 1. The van der Waals surface area contributed by atoms with Crippen molar-refractivity contribution in [2.24, 2.45) is 0 Å². The average Bonchev–Trinajstić information content (AvgIpc) is 2.79. The van der Waals surface area contributed by atoms with E-state index in [0.29, 0.717) is 0 Å². The molecule has 0 amide bonds. The highest BCUT2D eigenvalue weighted by Crippen LogP contribution is 2.23. The zero-order chi connectivity index (χ0) is 13.2. The van der Waals surface area contributed by atoms with E-state index in [1.165, 1.54) is 11.4 Å². The van der Waals surface area contributed by atoms with Crippen LogP contribution >= 0.6 is 23.1 Å². The number of carboxylic acid groups (broad SMARTS) is 1. The summed E-state index contributed by atoms with van der Waals surface area (Å²) >= 11 is 2.67. The molecule has 1 unspecified atom stereocenters. The van der Waals surface area contributed by atoms with Gasteiger partial charge in [0.25, 0.3) is 0 Å². The predicted molar refractivity (Wildman–Crippen MR) is 71.9 cm³/mol. The third-order valence-electron chi connectivity index (χ3n) is 2.57. The van der Waals surface area contributed by atoms with E-state index in [1.807, 2.05) is 0 Å². The molecule has 1 aliphatic heterocycles. The first-order chi connectivity index (χ1) is 8.49. The summed E-state index contributed by atoms with van der Waals surface area (Å²) in [7, 11) is -3.58. The van der Waals surface area contributed by atoms with Gasteiger partial charge in [-0.15, -0.1) is 11.3 Å². The SMILES string of the molecule is O=C(O)c1csc(S(=O)(=O)NC2CCCSC2)c1. The summed E-state index contributed by atoms with van der Waals surface area (Å²) in [4.78, 5) is 10.7. The maximum Gasteiger partial charge on any atom is 0.336 e. The van der Waals surface area contributed by atoms with Gasteiger partial charge in [0.1, 0.15) is 4.21 Å². The lowest BCUT2D eigenvalue weighted by atomic mass is 10.2. The number of nitrogens with one attached hydrogen (secondary N) is 1. The Morgan fingerprint density at radius 2 is 2.28 bits per heavy atom. The molecule has 0 aliphatic carbocycles. The largest absolute Gasteiger partial charge is 0.478 e. The minimum atomic E-state index is -3.58. The molecule has 0 aromatic carbocycles. The molecule has 1 aromatic heterocycles. The van der Waals surface area contributed by atoms with Crippen LogP contribution in [0.3, 0.4) is 0 Å². The molecule has 1 aliphatic rings. The van der Waals surface area contributed by atoms with Crippen molar-refractivity contribution in [2.45, 2.75) is 23.1 Å². The third kappa shape index (κ3) is 3.25. The lowest BCUT2D eigenvalue weighted by Crippen LogP contribution is -2.37. The number of thioether (sulfide) groups is 1. The highest BCUT2D eigenvalue weighted by molar-refractivity contribution is 7.99. The summed E-state index contributed by atoms with van der Waals surface area (Å²) in [6.07, 6.45) is 1.84. The van der Waals surface area contributed by atoms with E-state index in [1.54, 1.807) is 11.8 Å². The van der Waals surface area contributed by atoms with Crippen molar-refractivity contribution in [3.8, 4) is 0 Å². The second kappa shape index (κ2) is 5.60. The van der Waals surface area contributed by atoms with Crippen molar-refractivity contribution in [2.75, 3.05) is 11.5 Å². The van der Waals surface area contributed by atoms with Crippen molar-refractivity contribution < 1.29 is 18.3 Å². The van der Waals surface area contributed by atoms with Crippen LogP contribution in [-0.2, 0) is 10.0 Å². The van der Waals surface area contributed by atoms with Gasteiger partial charge in [0.2, 0.25) is 10.0 Å². The summed E-state index contributed by atoms with van der Waals surface area (Å²) in [5.74, 6) is 0.734. The van der Waals surface area contributed by atoms with Crippen molar-refractivity contribution in [1.29, 1.82) is 0 Å². The van der Waals surface area contributed by atoms with Gasteiger partial charge >= 0.3 is 5.97 Å². The van der Waals surface area contributed by atoms with Crippen molar-refractivity contribution in [1.82, 2.24) is 4.72 Å². The molecule has 0 spiro atoms. The van der Waals surface area contributed by atoms with Crippen LogP contribution in [0, 0.1) is 0 Å². The zero-order valence-electron chi connectivity index (χ0n) is 9.46. The van der Waals surface area contributed by atoms with Crippen LogP contribution in [0.25, 0.3) is 0 Å². The summed E-state index contributed by atoms with van der Waals surface area (Å²) in [5, 5.41) is 10.1. The van der Waals surface area contributed by atoms with Crippen LogP contribution in [0.4, 0.5) is 0 Å². The van der Waals surface area contributed by atoms with Crippen molar-refractivity contribution >= 4 is 39.1 Å². The first kappa shape index (κ1) is 13.9. The lowest BCUT2D eigenvalue weighted by molar-refractivity contribution is 0.0697. The van der Waals surface area contributed by atoms with Crippen LogP contribution < -0.4 is 4.72 Å². The van der Waals surface area contributed by atoms with Gasteiger partial charge in [0, 0.05) is 17.2 Å². The Hall–Kier alpha value is -0.570. The fourth-order valence-corrected chi connectivity index (χ4v) is 5.30. The molecule has 2 rings (SSSR count). The predicted octanol–water partition coefficient (Wildman–Crippen LogP) is 1.62. The Bertz CT molecular complexity index is 531. The molecule has 2 heterocycles. The number of carbonyl (C=O) groups is 1. The average molecular weight is 307 g/mol. The second-order valence-electron chi connectivity index (χ2n) is 3.99. The zero-order valence-corrected chi connectivity index (χ0v) is 11.9. The fraction of sp³-hybridized carbons (Fsp3) is 0.500. The molecule has 0 saturated carbocycles. The maximum atomic E-state index is 12.0. The summed E-state index contributed by atoms with van der Waals surface area (Å²) in [6, 6.07) is 1.15. The molecule has 18 heavy (non-hydrogen) atoms. The standard InChI is InChI=1S/C10H13NO4S3/c12-10(13)7-4-9(17-5-7)18(14,15)11-8-2-1-3-16-6-8/h4-5,8,11H,1-3,6H2,(H,12,13). The van der Waals surface area contributed by atoms with Crippen LogP contribution in [0.5, 0.6) is 0 Å². The van der Waals surface area contributed by atoms with E-state index in [0.717, 1.165) is 35.7 Å². The van der Waals surface area contributed by atoms with Gasteiger partial charge < -0.3 is 5.11 Å². The van der Waals surface area contributed by atoms with Crippen LogP contribution in [0.2, 0.25) is 0 Å². The van der Waals surface area contributed by atoms with Crippen molar-refractivity contribution in [3.63, 3.8) is 0 Å². The Labute approximate surface area is 114 Å². The molecular weight excluding hydrogens is 294 g/mol. The highest BCUT2D eigenvalue weighted by atomic mass is 32.2. The minimum Gasteiger partial charge on any atom is -0.478 e. The van der Waals surface area contributed by atoms with Gasteiger partial charge in [-0.25, -0.2) is 17.9 Å². The number of aromatic carboxylic acids is 1. The quantitative estimate of drug-likeness (QED) is 0.883. The Balaban J connectivity index is 2.11. The number of hydrogen-bond donors (Lipinski definition) is 2. The molecular formula is C10H13NO4S3. The molecule has 1 aromatic rings. The van der Waals surface area contributed by atoms with E-state index < -0.39 is 16.0 Å². The third-order valence-corrected chi connectivity index (χ3v) is 6.74. The van der Waals surface area contributed by atoms with Crippen LogP contribution in [0.15, 0.2) is 15.7 Å². The van der Waals surface area contributed by atoms with E-state index in [-0.39, 0.29) is 15.8 Å². The monoisotopic (exact) mass is 307 g/mol. The second-order valence-corrected chi connectivity index (χ2v) is 8.00. The number of thiophene rings is 1. The van der Waals surface area contributed by atoms with Gasteiger partial charge in [-0.3, -0.25) is 0 Å². The van der Waals surface area contributed by atoms with E-state index in [4.69, 9.17) is 5.11 Å². The fourth-order valence-electron chi connectivity index (χ4n) is 1.68. The van der Waals surface area contributed by atoms with Crippen LogP contribution in [-0.4, -0.2) is 37.0 Å². The van der Waals surface area contributed by atoms with E-state index in [9.17, 15) is 13.2 Å². The summed E-state index contributed by atoms with van der Waals surface area (Å²) < 4.78 is 26.8. The molecule has 100 valence electrons. The van der Waals surface area contributed by atoms with Gasteiger partial charge in [0.05, 0.1) is 5.56 Å². The van der Waals surface area contributed by atoms with Gasteiger partial charge in [0.15, 0.2) is 0 Å². The molecule has 0 radical (unpaired) electrons. The molecule has 0 bridgehead atoms. The molecule has 1 atom stereocenters.